The van der Waals surface area contributed by atoms with Gasteiger partial charge in [0.25, 0.3) is 0 Å². The number of likely N-dealkylation sites (tertiary alicyclic amines) is 1. The van der Waals surface area contributed by atoms with Gasteiger partial charge in [0.2, 0.25) is 0 Å². The molecule has 1 aromatic carbocycles. The summed E-state index contributed by atoms with van der Waals surface area (Å²) in [5, 5.41) is 0.990. The number of nitrogens with zero attached hydrogens (tertiary/aromatic N) is 1. The van der Waals surface area contributed by atoms with E-state index in [1.165, 1.54) is 0 Å². The predicted octanol–water partition coefficient (Wildman–Crippen LogP) is 2.72. The van der Waals surface area contributed by atoms with Gasteiger partial charge in [0.05, 0.1) is 0 Å². The lowest BCUT2D eigenvalue weighted by Gasteiger charge is -2.34. The molecule has 0 spiro atoms. The Hall–Kier alpha value is -1.17. The van der Waals surface area contributed by atoms with Crippen LogP contribution in [0.1, 0.15) is 18.9 Å². The lowest BCUT2D eigenvalue weighted by Crippen LogP contribution is -2.45. The summed E-state index contributed by atoms with van der Waals surface area (Å²) in [6.45, 7) is 4.86. The molecule has 0 bridgehead atoms. The lowest BCUT2D eigenvalue weighted by atomic mass is 9.96. The van der Waals surface area contributed by atoms with Crippen molar-refractivity contribution in [2.24, 2.45) is 11.7 Å². The molecule has 1 aliphatic rings. The van der Waals surface area contributed by atoms with Crippen molar-refractivity contribution in [2.45, 2.75) is 25.9 Å². The van der Waals surface area contributed by atoms with Gasteiger partial charge >= 0.3 is 5.63 Å². The Morgan fingerprint density at radius 3 is 2.95 bits per heavy atom. The molecule has 1 saturated heterocycles. The minimum atomic E-state index is -0.301. The van der Waals surface area contributed by atoms with Crippen LogP contribution in [0.4, 0.5) is 0 Å². The molecule has 1 aromatic heterocycles. The number of benzene rings is 1. The van der Waals surface area contributed by atoms with Crippen molar-refractivity contribution < 1.29 is 4.42 Å². The summed E-state index contributed by atoms with van der Waals surface area (Å²) in [5.74, 6) is 0.592. The Kier molecular flexibility index (Phi) is 4.15. The van der Waals surface area contributed by atoms with Crippen LogP contribution in [0.25, 0.3) is 11.0 Å². The van der Waals surface area contributed by atoms with Crippen molar-refractivity contribution in [3.63, 3.8) is 0 Å². The van der Waals surface area contributed by atoms with E-state index in [2.05, 4.69) is 27.8 Å². The number of hydrogen-bond acceptors (Lipinski definition) is 4. The molecule has 0 amide bonds. The van der Waals surface area contributed by atoms with Gasteiger partial charge in [0.15, 0.2) is 0 Å². The molecule has 2 unspecified atom stereocenters. The lowest BCUT2D eigenvalue weighted by molar-refractivity contribution is 0.159. The van der Waals surface area contributed by atoms with Crippen molar-refractivity contribution in [1.82, 2.24) is 4.90 Å². The average Bonchev–Trinajstić information content (AvgIpc) is 2.36. The molecule has 112 valence electrons. The standard InChI is InChI=1S/C16H19BrN2O2/c1-10-4-13(18)9-19(7-10)8-11-5-16(20)21-15-6-12(17)2-3-14(11)15/h2-3,5-6,10,13H,4,7-9,18H2,1H3. The Bertz CT molecular complexity index is 703. The van der Waals surface area contributed by atoms with E-state index in [0.717, 1.165) is 41.5 Å². The number of halogens is 1. The molecular weight excluding hydrogens is 332 g/mol. The Morgan fingerprint density at radius 2 is 2.19 bits per heavy atom. The molecule has 2 aromatic rings. The maximum absolute atomic E-state index is 11.8. The van der Waals surface area contributed by atoms with Crippen molar-refractivity contribution in [1.29, 1.82) is 0 Å². The number of fused-ring (bicyclic) bond motifs is 1. The highest BCUT2D eigenvalue weighted by atomic mass is 79.9. The Balaban J connectivity index is 1.95. The second kappa shape index (κ2) is 5.91. The number of hydrogen-bond donors (Lipinski definition) is 1. The summed E-state index contributed by atoms with van der Waals surface area (Å²) >= 11 is 3.41. The largest absolute Gasteiger partial charge is 0.423 e. The molecule has 21 heavy (non-hydrogen) atoms. The summed E-state index contributed by atoms with van der Waals surface area (Å²) in [6, 6.07) is 7.61. The molecular formula is C16H19BrN2O2. The van der Waals surface area contributed by atoms with Crippen molar-refractivity contribution in [3.8, 4) is 0 Å². The van der Waals surface area contributed by atoms with Gasteiger partial charge in [0.1, 0.15) is 5.58 Å². The molecule has 3 rings (SSSR count). The predicted molar refractivity (Wildman–Crippen MR) is 87.2 cm³/mol. The second-order valence-corrected chi connectivity index (χ2v) is 6.94. The zero-order valence-electron chi connectivity index (χ0n) is 12.0. The third-order valence-corrected chi connectivity index (χ3v) is 4.45. The molecule has 5 heteroatoms. The van der Waals surface area contributed by atoms with Crippen LogP contribution in [0.15, 0.2) is 37.9 Å². The molecule has 0 radical (unpaired) electrons. The van der Waals surface area contributed by atoms with Crippen molar-refractivity contribution in [3.05, 3.63) is 44.7 Å². The van der Waals surface area contributed by atoms with Crippen LogP contribution in [0, 0.1) is 5.92 Å². The smallest absolute Gasteiger partial charge is 0.336 e. The summed E-state index contributed by atoms with van der Waals surface area (Å²) in [6.07, 6.45) is 1.07. The fraction of sp³-hybridized carbons (Fsp3) is 0.438. The maximum atomic E-state index is 11.8. The van der Waals surface area contributed by atoms with Crippen LogP contribution in [-0.2, 0) is 6.54 Å². The summed E-state index contributed by atoms with van der Waals surface area (Å²) in [4.78, 5) is 14.1. The van der Waals surface area contributed by atoms with Gasteiger partial charge in [-0.25, -0.2) is 4.79 Å². The molecule has 0 saturated carbocycles. The maximum Gasteiger partial charge on any atom is 0.336 e. The third-order valence-electron chi connectivity index (χ3n) is 3.95. The molecule has 1 fully saturated rings. The van der Waals surface area contributed by atoms with E-state index in [9.17, 15) is 4.79 Å². The Labute approximate surface area is 132 Å². The van der Waals surface area contributed by atoms with Gasteiger partial charge in [-0.1, -0.05) is 22.9 Å². The normalized spacial score (nSPS) is 23.6. The number of nitrogens with two attached hydrogens (primary N) is 1. The van der Waals surface area contributed by atoms with Crippen LogP contribution in [0.5, 0.6) is 0 Å². The third kappa shape index (κ3) is 3.36. The fourth-order valence-electron chi connectivity index (χ4n) is 3.22. The van der Waals surface area contributed by atoms with Gasteiger partial charge in [-0.05, 0) is 36.1 Å². The SMILES string of the molecule is CC1CC(N)CN(Cc2cc(=O)oc3cc(Br)ccc23)C1. The molecule has 4 nitrogen and oxygen atoms in total. The van der Waals surface area contributed by atoms with E-state index in [0.29, 0.717) is 11.5 Å². The van der Waals surface area contributed by atoms with Gasteiger partial charge in [-0.3, -0.25) is 4.90 Å². The van der Waals surface area contributed by atoms with Crippen molar-refractivity contribution in [2.75, 3.05) is 13.1 Å². The number of piperidine rings is 1. The minimum absolute atomic E-state index is 0.217. The first-order valence-electron chi connectivity index (χ1n) is 7.21. The number of rotatable bonds is 2. The first-order valence-corrected chi connectivity index (χ1v) is 8.01. The monoisotopic (exact) mass is 350 g/mol. The highest BCUT2D eigenvalue weighted by molar-refractivity contribution is 9.10. The molecule has 2 N–H and O–H groups in total. The van der Waals surface area contributed by atoms with Gasteiger partial charge in [-0.15, -0.1) is 0 Å². The minimum Gasteiger partial charge on any atom is -0.423 e. The first-order chi connectivity index (χ1) is 10.0. The zero-order valence-corrected chi connectivity index (χ0v) is 13.6. The van der Waals surface area contributed by atoms with E-state index in [-0.39, 0.29) is 11.7 Å². The summed E-state index contributed by atoms with van der Waals surface area (Å²) in [5.41, 5.74) is 7.44. The van der Waals surface area contributed by atoms with Crippen LogP contribution >= 0.6 is 15.9 Å². The van der Waals surface area contributed by atoms with Crippen LogP contribution in [0.3, 0.4) is 0 Å². The molecule has 1 aliphatic heterocycles. The van der Waals surface area contributed by atoms with Crippen LogP contribution in [-0.4, -0.2) is 24.0 Å². The van der Waals surface area contributed by atoms with Gasteiger partial charge in [-0.2, -0.15) is 0 Å². The topological polar surface area (TPSA) is 59.5 Å². The quantitative estimate of drug-likeness (QED) is 0.846. The van der Waals surface area contributed by atoms with Crippen molar-refractivity contribution >= 4 is 26.9 Å². The van der Waals surface area contributed by atoms with Crippen LogP contribution < -0.4 is 11.4 Å². The average molecular weight is 351 g/mol. The molecule has 0 aliphatic carbocycles. The first kappa shape index (κ1) is 14.8. The fourth-order valence-corrected chi connectivity index (χ4v) is 3.56. The van der Waals surface area contributed by atoms with Gasteiger partial charge in [0, 0.05) is 41.6 Å². The van der Waals surface area contributed by atoms with E-state index in [4.69, 9.17) is 10.2 Å². The summed E-state index contributed by atoms with van der Waals surface area (Å²) < 4.78 is 6.19. The van der Waals surface area contributed by atoms with E-state index >= 15 is 0 Å². The van der Waals surface area contributed by atoms with E-state index < -0.39 is 0 Å². The summed E-state index contributed by atoms with van der Waals surface area (Å²) in [7, 11) is 0. The zero-order chi connectivity index (χ0) is 15.0. The Morgan fingerprint density at radius 1 is 1.38 bits per heavy atom. The highest BCUT2D eigenvalue weighted by Gasteiger charge is 2.22. The molecule has 2 heterocycles. The highest BCUT2D eigenvalue weighted by Crippen LogP contribution is 2.24. The van der Waals surface area contributed by atoms with Gasteiger partial charge < -0.3 is 10.2 Å². The molecule has 2 atom stereocenters. The van der Waals surface area contributed by atoms with E-state index in [1.807, 2.05) is 18.2 Å². The van der Waals surface area contributed by atoms with E-state index in [1.54, 1.807) is 6.07 Å². The second-order valence-electron chi connectivity index (χ2n) is 6.03. The van der Waals surface area contributed by atoms with Crippen LogP contribution in [0.2, 0.25) is 0 Å².